The number of nitrogens with one attached hydrogen (secondary N) is 1. The summed E-state index contributed by atoms with van der Waals surface area (Å²) in [5.41, 5.74) is -1.97. The molecule has 0 unspecified atom stereocenters. The highest BCUT2D eigenvalue weighted by Gasteiger charge is 2.61. The van der Waals surface area contributed by atoms with Crippen LogP contribution in [0.4, 0.5) is 23.7 Å². The molecule has 0 radical (unpaired) electrons. The average molecular weight is 379 g/mol. The molecule has 1 aromatic heterocycles. The first-order valence-electron chi connectivity index (χ1n) is 8.28. The van der Waals surface area contributed by atoms with E-state index in [2.05, 4.69) is 5.32 Å². The second-order valence-electron chi connectivity index (χ2n) is 6.85. The maximum Gasteiger partial charge on any atom is 0.416 e. The van der Waals surface area contributed by atoms with Crippen LogP contribution < -0.4 is 10.2 Å². The molecule has 3 amide bonds. The Hall–Kier alpha value is -2.81. The lowest BCUT2D eigenvalue weighted by molar-refractivity contribution is -0.137. The summed E-state index contributed by atoms with van der Waals surface area (Å²) in [6.45, 7) is 0.778. The quantitative estimate of drug-likeness (QED) is 0.815. The lowest BCUT2D eigenvalue weighted by Gasteiger charge is -2.26. The van der Waals surface area contributed by atoms with Gasteiger partial charge < -0.3 is 14.6 Å². The molecule has 2 aliphatic rings. The maximum atomic E-state index is 13.2. The van der Waals surface area contributed by atoms with Crippen LogP contribution in [0.5, 0.6) is 0 Å². The summed E-state index contributed by atoms with van der Waals surface area (Å²) in [5, 5.41) is 2.75. The minimum atomic E-state index is -4.49. The fraction of sp³-hybridized carbons (Fsp3) is 0.333. The van der Waals surface area contributed by atoms with E-state index < -0.39 is 35.1 Å². The molecule has 9 heteroatoms. The van der Waals surface area contributed by atoms with E-state index in [4.69, 9.17) is 4.42 Å². The first-order chi connectivity index (χ1) is 12.7. The molecule has 2 aliphatic heterocycles. The number of carbonyl (C=O) groups excluding carboxylic acids is 2. The predicted octanol–water partition coefficient (Wildman–Crippen LogP) is 2.82. The number of likely N-dealkylation sites (tertiary alicyclic amines) is 1. The lowest BCUT2D eigenvalue weighted by atomic mass is 9.85. The van der Waals surface area contributed by atoms with Gasteiger partial charge in [-0.2, -0.15) is 13.2 Å². The number of hydrogen-bond donors (Lipinski definition) is 1. The number of furan rings is 1. The Labute approximate surface area is 152 Å². The zero-order chi connectivity index (χ0) is 19.4. The van der Waals surface area contributed by atoms with Gasteiger partial charge in [0.05, 0.1) is 23.4 Å². The molecule has 2 aromatic rings. The number of alkyl halides is 3. The topological polar surface area (TPSA) is 65.8 Å². The summed E-state index contributed by atoms with van der Waals surface area (Å²) in [6.07, 6.45) is -2.99. The van der Waals surface area contributed by atoms with Crippen LogP contribution in [0, 0.1) is 0 Å². The molecule has 3 heterocycles. The molecule has 1 aromatic carbocycles. The van der Waals surface area contributed by atoms with Gasteiger partial charge in [-0.15, -0.1) is 0 Å². The van der Waals surface area contributed by atoms with Gasteiger partial charge in [0.15, 0.2) is 0 Å². The number of hydrogen-bond acceptors (Lipinski definition) is 4. The Kier molecular flexibility index (Phi) is 3.81. The van der Waals surface area contributed by atoms with E-state index in [0.717, 1.165) is 29.2 Å². The highest BCUT2D eigenvalue weighted by Crippen LogP contribution is 2.41. The summed E-state index contributed by atoms with van der Waals surface area (Å²) >= 11 is 0. The summed E-state index contributed by atoms with van der Waals surface area (Å²) in [4.78, 5) is 28.6. The molecule has 1 spiro atoms. The van der Waals surface area contributed by atoms with Crippen molar-refractivity contribution in [3.63, 3.8) is 0 Å². The highest BCUT2D eigenvalue weighted by atomic mass is 19.4. The number of imide groups is 1. The highest BCUT2D eigenvalue weighted by molar-refractivity contribution is 6.24. The average Bonchev–Trinajstić information content (AvgIpc) is 3.27. The summed E-state index contributed by atoms with van der Waals surface area (Å²) in [6, 6.07) is 6.74. The molecule has 0 aliphatic carbocycles. The van der Waals surface area contributed by atoms with Gasteiger partial charge in [-0.3, -0.25) is 4.79 Å². The number of halogens is 3. The predicted molar refractivity (Wildman–Crippen MR) is 89.1 cm³/mol. The van der Waals surface area contributed by atoms with Crippen LogP contribution in [0.1, 0.15) is 17.2 Å². The van der Waals surface area contributed by atoms with E-state index in [9.17, 15) is 22.8 Å². The van der Waals surface area contributed by atoms with Crippen LogP contribution in [0.3, 0.4) is 0 Å². The molecule has 27 heavy (non-hydrogen) atoms. The zero-order valence-corrected chi connectivity index (χ0v) is 14.3. The number of nitrogens with zero attached hydrogens (tertiary/aromatic N) is 2. The molecule has 1 N–H and O–H groups in total. The van der Waals surface area contributed by atoms with Gasteiger partial charge in [0, 0.05) is 13.1 Å². The Morgan fingerprint density at radius 3 is 2.48 bits per heavy atom. The third kappa shape index (κ3) is 2.69. The van der Waals surface area contributed by atoms with Crippen LogP contribution in [-0.2, 0) is 11.0 Å². The van der Waals surface area contributed by atoms with Crippen molar-refractivity contribution >= 4 is 17.6 Å². The maximum absolute atomic E-state index is 13.2. The van der Waals surface area contributed by atoms with Crippen molar-refractivity contribution in [2.75, 3.05) is 25.0 Å². The fourth-order valence-corrected chi connectivity index (χ4v) is 3.86. The fourth-order valence-electron chi connectivity index (χ4n) is 3.86. The van der Waals surface area contributed by atoms with Crippen LogP contribution in [-0.4, -0.2) is 42.5 Å². The van der Waals surface area contributed by atoms with E-state index in [0.29, 0.717) is 12.3 Å². The van der Waals surface area contributed by atoms with Crippen LogP contribution >= 0.6 is 0 Å². The van der Waals surface area contributed by atoms with Crippen molar-refractivity contribution in [1.82, 2.24) is 10.2 Å². The smallest absolute Gasteiger partial charge is 0.416 e. The van der Waals surface area contributed by atoms with Gasteiger partial charge in [0.2, 0.25) is 0 Å². The summed E-state index contributed by atoms with van der Waals surface area (Å²) in [7, 11) is 1.82. The second-order valence-corrected chi connectivity index (χ2v) is 6.85. The van der Waals surface area contributed by atoms with Gasteiger partial charge in [-0.05, 0) is 43.4 Å². The van der Waals surface area contributed by atoms with E-state index in [-0.39, 0.29) is 12.2 Å². The van der Waals surface area contributed by atoms with E-state index in [1.807, 2.05) is 11.9 Å². The number of anilines is 1. The Bertz CT molecular complexity index is 880. The van der Waals surface area contributed by atoms with Crippen molar-refractivity contribution in [1.29, 1.82) is 0 Å². The van der Waals surface area contributed by atoms with Gasteiger partial charge >= 0.3 is 12.2 Å². The normalized spacial score (nSPS) is 26.2. The van der Waals surface area contributed by atoms with Crippen molar-refractivity contribution < 1.29 is 27.2 Å². The summed E-state index contributed by atoms with van der Waals surface area (Å²) < 4.78 is 43.8. The number of carbonyl (C=O) groups is 2. The molecule has 6 nitrogen and oxygen atoms in total. The van der Waals surface area contributed by atoms with Gasteiger partial charge in [0.1, 0.15) is 11.3 Å². The van der Waals surface area contributed by atoms with Gasteiger partial charge in [-0.1, -0.05) is 0 Å². The van der Waals surface area contributed by atoms with E-state index >= 15 is 0 Å². The largest absolute Gasteiger partial charge is 0.469 e. The standard InChI is InChI=1S/C18H16F3N3O3/c1-23-9-13(14-3-2-8-27-14)17(10-23)15(25)24(16(26)22-17)12-6-4-11(5-7-12)18(19,20)21/h2-8,13H,9-10H2,1H3,(H,22,26)/t13-,17-/m0/s1. The SMILES string of the molecule is CN1C[C@@H](c2ccco2)[C@]2(C1)NC(=O)N(c1ccc(C(F)(F)F)cc1)C2=O. The van der Waals surface area contributed by atoms with Gasteiger partial charge in [-0.25, -0.2) is 9.69 Å². The summed E-state index contributed by atoms with van der Waals surface area (Å²) in [5.74, 6) is -0.325. The third-order valence-electron chi connectivity index (χ3n) is 5.07. The molecule has 2 atom stereocenters. The molecule has 2 saturated heterocycles. The first kappa shape index (κ1) is 17.6. The van der Waals surface area contributed by atoms with Crippen molar-refractivity contribution in [3.8, 4) is 0 Å². The Morgan fingerprint density at radius 1 is 1.19 bits per heavy atom. The van der Waals surface area contributed by atoms with Crippen molar-refractivity contribution in [3.05, 3.63) is 54.0 Å². The number of rotatable bonds is 2. The molecule has 142 valence electrons. The molecule has 2 fully saturated rings. The van der Waals surface area contributed by atoms with Crippen LogP contribution in [0.15, 0.2) is 47.1 Å². The third-order valence-corrected chi connectivity index (χ3v) is 5.07. The number of amides is 3. The van der Waals surface area contributed by atoms with Gasteiger partial charge in [0.25, 0.3) is 5.91 Å². The zero-order valence-electron chi connectivity index (χ0n) is 14.3. The van der Waals surface area contributed by atoms with Crippen LogP contribution in [0.2, 0.25) is 0 Å². The molecule has 4 rings (SSSR count). The monoisotopic (exact) mass is 379 g/mol. The van der Waals surface area contributed by atoms with E-state index in [1.165, 1.54) is 6.26 Å². The minimum Gasteiger partial charge on any atom is -0.469 e. The minimum absolute atomic E-state index is 0.0927. The Morgan fingerprint density at radius 2 is 1.89 bits per heavy atom. The molecule has 0 saturated carbocycles. The lowest BCUT2D eigenvalue weighted by Crippen LogP contribution is -2.52. The second kappa shape index (κ2) is 5.85. The number of benzene rings is 1. The first-order valence-corrected chi connectivity index (χ1v) is 8.28. The van der Waals surface area contributed by atoms with Crippen molar-refractivity contribution in [2.24, 2.45) is 0 Å². The Balaban J connectivity index is 1.69. The number of urea groups is 1. The van der Waals surface area contributed by atoms with Crippen LogP contribution in [0.25, 0.3) is 0 Å². The molecular weight excluding hydrogens is 363 g/mol. The van der Waals surface area contributed by atoms with E-state index in [1.54, 1.807) is 12.1 Å². The number of likely N-dealkylation sites (N-methyl/N-ethyl adjacent to an activating group) is 1. The van der Waals surface area contributed by atoms with Crippen molar-refractivity contribution in [2.45, 2.75) is 17.6 Å². The molecule has 0 bridgehead atoms. The molecular formula is C18H16F3N3O3.